The highest BCUT2D eigenvalue weighted by Crippen LogP contribution is 2.24. The molecule has 0 spiro atoms. The number of benzene rings is 1. The largest absolute Gasteiger partial charge is 0.444 e. The second-order valence-electron chi connectivity index (χ2n) is 7.59. The van der Waals surface area contributed by atoms with Crippen molar-refractivity contribution in [3.05, 3.63) is 39.4 Å². The van der Waals surface area contributed by atoms with Crippen molar-refractivity contribution in [3.63, 3.8) is 0 Å². The summed E-state index contributed by atoms with van der Waals surface area (Å²) in [7, 11) is 0. The molecule has 1 aliphatic heterocycles. The monoisotopic (exact) mass is 392 g/mol. The van der Waals surface area contributed by atoms with Crippen molar-refractivity contribution < 1.29 is 24.0 Å². The summed E-state index contributed by atoms with van der Waals surface area (Å²) in [4.78, 5) is 48.2. The third-order valence-electron chi connectivity index (χ3n) is 4.12. The highest BCUT2D eigenvalue weighted by Gasteiger charge is 2.31. The number of hydrogen-bond donors (Lipinski definition) is 2. The van der Waals surface area contributed by atoms with Crippen LogP contribution in [0.3, 0.4) is 0 Å². The zero-order valence-corrected chi connectivity index (χ0v) is 16.1. The minimum Gasteiger partial charge on any atom is -0.444 e. The van der Waals surface area contributed by atoms with Crippen molar-refractivity contribution in [2.24, 2.45) is 5.73 Å². The van der Waals surface area contributed by atoms with E-state index < -0.39 is 34.5 Å². The Morgan fingerprint density at radius 1 is 1.32 bits per heavy atom. The van der Waals surface area contributed by atoms with Crippen LogP contribution in [0.25, 0.3) is 0 Å². The molecule has 0 saturated heterocycles. The molecule has 0 aliphatic carbocycles. The molecule has 1 atom stereocenters. The van der Waals surface area contributed by atoms with Crippen molar-refractivity contribution in [3.8, 4) is 0 Å². The quantitative estimate of drug-likeness (QED) is 0.570. The lowest BCUT2D eigenvalue weighted by Crippen LogP contribution is -2.52. The maximum absolute atomic E-state index is 12.9. The third-order valence-corrected chi connectivity index (χ3v) is 4.12. The summed E-state index contributed by atoms with van der Waals surface area (Å²) in [5.74, 6) is -1.25. The normalized spacial score (nSPS) is 14.6. The number of non-ortho nitro benzene ring substituents is 1. The molecule has 0 bridgehead atoms. The molecule has 3 amide bonds. The number of nitro benzene ring substituents is 1. The van der Waals surface area contributed by atoms with Crippen LogP contribution >= 0.6 is 0 Å². The summed E-state index contributed by atoms with van der Waals surface area (Å²) in [5.41, 5.74) is 5.96. The van der Waals surface area contributed by atoms with E-state index in [1.807, 2.05) is 0 Å². The minimum atomic E-state index is -1.17. The first-order valence-corrected chi connectivity index (χ1v) is 8.79. The van der Waals surface area contributed by atoms with Gasteiger partial charge in [-0.2, -0.15) is 0 Å². The van der Waals surface area contributed by atoms with E-state index in [1.54, 1.807) is 26.8 Å². The molecule has 0 fully saturated rings. The molecule has 152 valence electrons. The summed E-state index contributed by atoms with van der Waals surface area (Å²) >= 11 is 0. The number of carbonyl (C=O) groups excluding carboxylic acids is 3. The van der Waals surface area contributed by atoms with Crippen molar-refractivity contribution in [2.75, 3.05) is 6.54 Å². The van der Waals surface area contributed by atoms with Gasteiger partial charge in [-0.3, -0.25) is 19.7 Å². The zero-order chi connectivity index (χ0) is 21.1. The fourth-order valence-electron chi connectivity index (χ4n) is 2.92. The molecular weight excluding hydrogens is 368 g/mol. The van der Waals surface area contributed by atoms with Gasteiger partial charge in [-0.1, -0.05) is 6.07 Å². The Kier molecular flexibility index (Phi) is 6.22. The molecule has 28 heavy (non-hydrogen) atoms. The van der Waals surface area contributed by atoms with Gasteiger partial charge in [-0.15, -0.1) is 0 Å². The van der Waals surface area contributed by atoms with E-state index in [0.717, 1.165) is 5.56 Å². The van der Waals surface area contributed by atoms with Crippen molar-refractivity contribution in [1.29, 1.82) is 0 Å². The lowest BCUT2D eigenvalue weighted by atomic mass is 9.98. The summed E-state index contributed by atoms with van der Waals surface area (Å²) in [6.07, 6.45) is -0.703. The summed E-state index contributed by atoms with van der Waals surface area (Å²) < 4.78 is 5.14. The van der Waals surface area contributed by atoms with Gasteiger partial charge in [0, 0.05) is 25.2 Å². The fraction of sp³-hybridized carbons (Fsp3) is 0.500. The Hall–Kier alpha value is -3.17. The highest BCUT2D eigenvalue weighted by atomic mass is 16.6. The van der Waals surface area contributed by atoms with Gasteiger partial charge in [0.05, 0.1) is 11.3 Å². The van der Waals surface area contributed by atoms with E-state index in [4.69, 9.17) is 10.5 Å². The van der Waals surface area contributed by atoms with Crippen LogP contribution in [0.4, 0.5) is 10.5 Å². The number of fused-ring (bicyclic) bond motifs is 1. The number of amides is 3. The molecule has 10 heteroatoms. The maximum atomic E-state index is 12.9. The molecule has 2 rings (SSSR count). The molecule has 10 nitrogen and oxygen atoms in total. The van der Waals surface area contributed by atoms with E-state index in [1.165, 1.54) is 17.0 Å². The molecule has 3 N–H and O–H groups in total. The lowest BCUT2D eigenvalue weighted by molar-refractivity contribution is -0.385. The maximum Gasteiger partial charge on any atom is 0.408 e. The fourth-order valence-corrected chi connectivity index (χ4v) is 2.92. The van der Waals surface area contributed by atoms with E-state index in [-0.39, 0.29) is 18.7 Å². The van der Waals surface area contributed by atoms with Gasteiger partial charge < -0.3 is 20.7 Å². The second kappa shape index (κ2) is 8.24. The van der Waals surface area contributed by atoms with Crippen molar-refractivity contribution in [1.82, 2.24) is 10.2 Å². The van der Waals surface area contributed by atoms with Gasteiger partial charge in [0.1, 0.15) is 11.6 Å². The van der Waals surface area contributed by atoms with Crippen LogP contribution in [-0.2, 0) is 27.3 Å². The Morgan fingerprint density at radius 2 is 2.00 bits per heavy atom. The first kappa shape index (κ1) is 21.1. The average molecular weight is 392 g/mol. The van der Waals surface area contributed by atoms with E-state index >= 15 is 0 Å². The summed E-state index contributed by atoms with van der Waals surface area (Å²) in [6, 6.07) is 3.36. The van der Waals surface area contributed by atoms with Crippen LogP contribution in [0, 0.1) is 10.1 Å². The SMILES string of the molecule is CC(C)(C)OC(=O)N[C@H](CC(N)=O)C(=O)N1CCc2ccc([N+](=O)[O-])cc2C1. The van der Waals surface area contributed by atoms with Gasteiger partial charge in [0.15, 0.2) is 0 Å². The van der Waals surface area contributed by atoms with Gasteiger partial charge in [-0.25, -0.2) is 4.79 Å². The van der Waals surface area contributed by atoms with Crippen LogP contribution in [0.5, 0.6) is 0 Å². The predicted octanol–water partition coefficient (Wildman–Crippen LogP) is 1.25. The van der Waals surface area contributed by atoms with Crippen molar-refractivity contribution >= 4 is 23.6 Å². The number of nitrogens with two attached hydrogens (primary N) is 1. The number of ether oxygens (including phenoxy) is 1. The van der Waals surface area contributed by atoms with Crippen LogP contribution in [-0.4, -0.2) is 45.9 Å². The number of hydrogen-bond acceptors (Lipinski definition) is 6. The van der Waals surface area contributed by atoms with Gasteiger partial charge in [0.2, 0.25) is 11.8 Å². The van der Waals surface area contributed by atoms with Crippen LogP contribution < -0.4 is 11.1 Å². The highest BCUT2D eigenvalue weighted by molar-refractivity contribution is 5.90. The number of nitro groups is 1. The third kappa shape index (κ3) is 5.66. The molecule has 1 aromatic carbocycles. The minimum absolute atomic E-state index is 0.0615. The molecule has 0 saturated carbocycles. The van der Waals surface area contributed by atoms with Crippen LogP contribution in [0.15, 0.2) is 18.2 Å². The number of nitrogens with one attached hydrogen (secondary N) is 1. The predicted molar refractivity (Wildman–Crippen MR) is 99.2 cm³/mol. The molecule has 1 aliphatic rings. The van der Waals surface area contributed by atoms with Crippen LogP contribution in [0.2, 0.25) is 0 Å². The zero-order valence-electron chi connectivity index (χ0n) is 16.1. The number of rotatable bonds is 5. The molecule has 0 aromatic heterocycles. The molecule has 0 radical (unpaired) electrons. The lowest BCUT2D eigenvalue weighted by Gasteiger charge is -2.32. The number of nitrogens with zero attached hydrogens (tertiary/aromatic N) is 2. The topological polar surface area (TPSA) is 145 Å². The first-order chi connectivity index (χ1) is 13.0. The van der Waals surface area contributed by atoms with Crippen molar-refractivity contribution in [2.45, 2.75) is 51.8 Å². The van der Waals surface area contributed by atoms with E-state index in [9.17, 15) is 24.5 Å². The molecule has 0 unspecified atom stereocenters. The number of alkyl carbamates (subject to hydrolysis) is 1. The van der Waals surface area contributed by atoms with Gasteiger partial charge in [0.25, 0.3) is 5.69 Å². The Bertz CT molecular complexity index is 802. The van der Waals surface area contributed by atoms with E-state index in [2.05, 4.69) is 5.32 Å². The average Bonchev–Trinajstić information content (AvgIpc) is 2.57. The second-order valence-corrected chi connectivity index (χ2v) is 7.59. The van der Waals surface area contributed by atoms with Gasteiger partial charge >= 0.3 is 6.09 Å². The summed E-state index contributed by atoms with van der Waals surface area (Å²) in [6.45, 7) is 5.51. The smallest absolute Gasteiger partial charge is 0.408 e. The van der Waals surface area contributed by atoms with Gasteiger partial charge in [-0.05, 0) is 38.3 Å². The Morgan fingerprint density at radius 3 is 2.57 bits per heavy atom. The van der Waals surface area contributed by atoms with Crippen LogP contribution in [0.1, 0.15) is 38.3 Å². The number of primary amides is 1. The van der Waals surface area contributed by atoms with E-state index in [0.29, 0.717) is 18.5 Å². The standard InChI is InChI=1S/C18H24N4O6/c1-18(2,3)28-17(25)20-14(9-15(19)23)16(24)21-7-6-11-4-5-13(22(26)27)8-12(11)10-21/h4-5,8,14H,6-7,9-10H2,1-3H3,(H2,19,23)(H,20,25)/t14-/m1/s1. The Balaban J connectivity index is 2.15. The number of carbonyl (C=O) groups is 3. The molecular formula is C18H24N4O6. The summed E-state index contributed by atoms with van der Waals surface area (Å²) in [5, 5.41) is 13.4. The molecule has 1 heterocycles. The molecule has 1 aromatic rings. The Labute approximate surface area is 162 Å². The first-order valence-electron chi connectivity index (χ1n) is 8.79.